The highest BCUT2D eigenvalue weighted by molar-refractivity contribution is 5.66. The maximum Gasteiger partial charge on any atom is 0.434 e. The summed E-state index contributed by atoms with van der Waals surface area (Å²) in [6.45, 7) is 8.23. The Labute approximate surface area is 90.9 Å². The fraction of sp³-hybridized carbons (Fsp3) is 0.900. The molecule has 0 atom stereocenters. The minimum atomic E-state index is -0.474. The number of nitrogens with zero attached hydrogens (tertiary/aromatic N) is 2. The number of carbonyl (C=O) groups excluding carboxylic acids is 1. The second kappa shape index (κ2) is 4.81. The van der Waals surface area contributed by atoms with Crippen LogP contribution >= 0.6 is 0 Å². The lowest BCUT2D eigenvalue weighted by molar-refractivity contribution is -0.137. The van der Waals surface area contributed by atoms with Crippen molar-refractivity contribution in [3.05, 3.63) is 0 Å². The largest absolute Gasteiger partial charge is 0.442 e. The minimum Gasteiger partial charge on any atom is -0.442 e. The molecule has 1 fully saturated rings. The third-order valence-corrected chi connectivity index (χ3v) is 2.00. The first kappa shape index (κ1) is 12.3. The van der Waals surface area contributed by atoms with Crippen LogP contribution in [0.2, 0.25) is 0 Å². The van der Waals surface area contributed by atoms with Gasteiger partial charge in [-0.2, -0.15) is 5.06 Å². The van der Waals surface area contributed by atoms with Gasteiger partial charge in [-0.25, -0.2) is 4.79 Å². The molecule has 1 aliphatic heterocycles. The van der Waals surface area contributed by atoms with Crippen LogP contribution in [-0.2, 0) is 9.57 Å². The van der Waals surface area contributed by atoms with Crippen molar-refractivity contribution >= 4 is 6.09 Å². The number of carbonyl (C=O) groups is 1. The maximum atomic E-state index is 11.6. The van der Waals surface area contributed by atoms with Gasteiger partial charge in [0.05, 0.1) is 13.2 Å². The van der Waals surface area contributed by atoms with Crippen molar-refractivity contribution in [2.24, 2.45) is 0 Å². The Hall–Kier alpha value is -0.810. The van der Waals surface area contributed by atoms with Crippen molar-refractivity contribution in [1.82, 2.24) is 9.96 Å². The van der Waals surface area contributed by atoms with Crippen LogP contribution in [0.5, 0.6) is 0 Å². The number of hydroxylamine groups is 2. The van der Waals surface area contributed by atoms with Gasteiger partial charge in [-0.15, -0.1) is 0 Å². The average molecular weight is 216 g/mol. The Morgan fingerprint density at radius 3 is 2.53 bits per heavy atom. The van der Waals surface area contributed by atoms with Crippen LogP contribution < -0.4 is 0 Å². The van der Waals surface area contributed by atoms with Gasteiger partial charge >= 0.3 is 6.09 Å². The molecule has 1 amide bonds. The summed E-state index contributed by atoms with van der Waals surface area (Å²) in [6, 6.07) is 0. The summed E-state index contributed by atoms with van der Waals surface area (Å²) in [7, 11) is 2.00. The van der Waals surface area contributed by atoms with E-state index in [1.54, 1.807) is 0 Å². The molecule has 15 heavy (non-hydrogen) atoms. The van der Waals surface area contributed by atoms with Crippen molar-refractivity contribution in [3.63, 3.8) is 0 Å². The van der Waals surface area contributed by atoms with Gasteiger partial charge in [-0.3, -0.25) is 4.84 Å². The summed E-state index contributed by atoms with van der Waals surface area (Å²) in [5.74, 6) is 0. The van der Waals surface area contributed by atoms with E-state index in [1.807, 2.05) is 27.8 Å². The van der Waals surface area contributed by atoms with Gasteiger partial charge in [0.15, 0.2) is 0 Å². The molecule has 1 saturated heterocycles. The molecule has 0 spiro atoms. The lowest BCUT2D eigenvalue weighted by atomic mass is 10.2. The van der Waals surface area contributed by atoms with Crippen molar-refractivity contribution in [2.45, 2.75) is 26.4 Å². The summed E-state index contributed by atoms with van der Waals surface area (Å²) in [5, 5.41) is 1.30. The van der Waals surface area contributed by atoms with E-state index in [9.17, 15) is 4.79 Å². The lowest BCUT2D eigenvalue weighted by Gasteiger charge is -2.25. The van der Waals surface area contributed by atoms with Gasteiger partial charge in [0.25, 0.3) is 0 Å². The summed E-state index contributed by atoms with van der Waals surface area (Å²) in [4.78, 5) is 19.0. The number of rotatable bonds is 0. The lowest BCUT2D eigenvalue weighted by Crippen LogP contribution is -2.38. The molecule has 0 aromatic rings. The molecule has 0 aromatic heterocycles. The first-order valence-corrected chi connectivity index (χ1v) is 5.20. The Bertz CT molecular complexity index is 225. The molecule has 5 nitrogen and oxygen atoms in total. The second-order valence-electron chi connectivity index (χ2n) is 4.72. The Kier molecular flexibility index (Phi) is 3.93. The van der Waals surface area contributed by atoms with E-state index in [0.717, 1.165) is 13.1 Å². The van der Waals surface area contributed by atoms with Crippen LogP contribution in [0.15, 0.2) is 0 Å². The normalized spacial score (nSPS) is 19.9. The SMILES string of the molecule is CN1CCON(C(=O)OC(C)(C)C)CC1. The summed E-state index contributed by atoms with van der Waals surface area (Å²) >= 11 is 0. The zero-order valence-electron chi connectivity index (χ0n) is 9.95. The average Bonchev–Trinajstić information content (AvgIpc) is 2.26. The summed E-state index contributed by atoms with van der Waals surface area (Å²) in [6.07, 6.45) is -0.405. The van der Waals surface area contributed by atoms with Crippen LogP contribution in [0, 0.1) is 0 Å². The van der Waals surface area contributed by atoms with Crippen LogP contribution in [0.1, 0.15) is 20.8 Å². The molecule has 0 saturated carbocycles. The fourth-order valence-electron chi connectivity index (χ4n) is 1.20. The van der Waals surface area contributed by atoms with Crippen LogP contribution in [0.4, 0.5) is 4.79 Å². The maximum absolute atomic E-state index is 11.6. The molecule has 0 unspecified atom stereocenters. The van der Waals surface area contributed by atoms with Crippen molar-refractivity contribution < 1.29 is 14.4 Å². The molecule has 0 aliphatic carbocycles. The van der Waals surface area contributed by atoms with E-state index in [4.69, 9.17) is 9.57 Å². The smallest absolute Gasteiger partial charge is 0.434 e. The molecule has 88 valence electrons. The number of ether oxygens (including phenoxy) is 1. The highest BCUT2D eigenvalue weighted by Crippen LogP contribution is 2.11. The van der Waals surface area contributed by atoms with E-state index in [-0.39, 0.29) is 0 Å². The number of amides is 1. The fourth-order valence-corrected chi connectivity index (χ4v) is 1.20. The predicted octanol–water partition coefficient (Wildman–Crippen LogP) is 1.10. The Balaban J connectivity index is 2.45. The van der Waals surface area contributed by atoms with Crippen molar-refractivity contribution in [3.8, 4) is 0 Å². The molecule has 0 bridgehead atoms. The van der Waals surface area contributed by atoms with Gasteiger partial charge in [0.1, 0.15) is 5.60 Å². The van der Waals surface area contributed by atoms with E-state index in [2.05, 4.69) is 4.90 Å². The molecule has 1 heterocycles. The molecule has 1 aliphatic rings. The van der Waals surface area contributed by atoms with E-state index in [0.29, 0.717) is 13.2 Å². The monoisotopic (exact) mass is 216 g/mol. The Morgan fingerprint density at radius 2 is 1.93 bits per heavy atom. The molecule has 5 heteroatoms. The number of likely N-dealkylation sites (N-methyl/N-ethyl adjacent to an activating group) is 1. The van der Waals surface area contributed by atoms with Gasteiger partial charge in [0.2, 0.25) is 0 Å². The van der Waals surface area contributed by atoms with Gasteiger partial charge in [-0.1, -0.05) is 0 Å². The highest BCUT2D eigenvalue weighted by atomic mass is 16.7. The topological polar surface area (TPSA) is 42.0 Å². The van der Waals surface area contributed by atoms with Gasteiger partial charge < -0.3 is 9.64 Å². The molecule has 0 N–H and O–H groups in total. The van der Waals surface area contributed by atoms with Gasteiger partial charge in [-0.05, 0) is 27.8 Å². The minimum absolute atomic E-state index is 0.405. The zero-order valence-corrected chi connectivity index (χ0v) is 9.95. The van der Waals surface area contributed by atoms with Crippen molar-refractivity contribution in [1.29, 1.82) is 0 Å². The van der Waals surface area contributed by atoms with Crippen LogP contribution in [0.25, 0.3) is 0 Å². The van der Waals surface area contributed by atoms with Gasteiger partial charge in [0, 0.05) is 13.1 Å². The summed E-state index contributed by atoms with van der Waals surface area (Å²) in [5.41, 5.74) is -0.474. The molecule has 1 rings (SSSR count). The first-order chi connectivity index (χ1) is 6.88. The molecule has 0 radical (unpaired) electrons. The van der Waals surface area contributed by atoms with E-state index < -0.39 is 11.7 Å². The van der Waals surface area contributed by atoms with Crippen molar-refractivity contribution in [2.75, 3.05) is 33.3 Å². The highest BCUT2D eigenvalue weighted by Gasteiger charge is 2.24. The Morgan fingerprint density at radius 1 is 1.27 bits per heavy atom. The third-order valence-electron chi connectivity index (χ3n) is 2.00. The van der Waals surface area contributed by atoms with Crippen LogP contribution in [0.3, 0.4) is 0 Å². The summed E-state index contributed by atoms with van der Waals surface area (Å²) < 4.78 is 5.21. The van der Waals surface area contributed by atoms with E-state index >= 15 is 0 Å². The van der Waals surface area contributed by atoms with Crippen LogP contribution in [-0.4, -0.2) is 54.9 Å². The third kappa shape index (κ3) is 4.48. The number of hydrogen-bond acceptors (Lipinski definition) is 4. The zero-order chi connectivity index (χ0) is 11.5. The standard InChI is InChI=1S/C10H20N2O3/c1-10(2,3)15-9(13)12-6-5-11(4)7-8-14-12/h5-8H2,1-4H3. The second-order valence-corrected chi connectivity index (χ2v) is 4.72. The first-order valence-electron chi connectivity index (χ1n) is 5.20. The predicted molar refractivity (Wildman–Crippen MR) is 56.4 cm³/mol. The quantitative estimate of drug-likeness (QED) is 0.608. The van der Waals surface area contributed by atoms with E-state index in [1.165, 1.54) is 5.06 Å². The molecular formula is C10H20N2O3. The molecule has 0 aromatic carbocycles. The molecular weight excluding hydrogens is 196 g/mol. The number of hydrogen-bond donors (Lipinski definition) is 0.